The summed E-state index contributed by atoms with van der Waals surface area (Å²) in [6.07, 6.45) is 0. The molecule has 82 valence electrons. The van der Waals surface area contributed by atoms with Crippen LogP contribution in [0.2, 0.25) is 0 Å². The summed E-state index contributed by atoms with van der Waals surface area (Å²) in [4.78, 5) is 11.6. The number of amides is 1. The smallest absolute Gasteiger partial charge is 0.226 e. The number of rotatable bonds is 5. The van der Waals surface area contributed by atoms with Crippen LogP contribution < -0.4 is 10.6 Å². The Labute approximate surface area is 85.4 Å². The summed E-state index contributed by atoms with van der Waals surface area (Å²) in [5.41, 5.74) is -0.261. The number of hydrogen-bond acceptors (Lipinski definition) is 3. The molecule has 4 heteroatoms. The van der Waals surface area contributed by atoms with Crippen molar-refractivity contribution in [1.82, 2.24) is 10.6 Å². The van der Waals surface area contributed by atoms with Crippen LogP contribution in [-0.4, -0.2) is 37.7 Å². The van der Waals surface area contributed by atoms with Gasteiger partial charge in [0.25, 0.3) is 0 Å². The molecule has 1 heterocycles. The van der Waals surface area contributed by atoms with Crippen LogP contribution in [0.15, 0.2) is 0 Å². The first-order chi connectivity index (χ1) is 6.55. The Morgan fingerprint density at radius 1 is 1.57 bits per heavy atom. The minimum absolute atomic E-state index is 0.133. The molecular formula is C10H20N2O2. The highest BCUT2D eigenvalue weighted by Crippen LogP contribution is 2.08. The quantitative estimate of drug-likeness (QED) is 0.663. The summed E-state index contributed by atoms with van der Waals surface area (Å²) in [7, 11) is 0. The average molecular weight is 200 g/mol. The van der Waals surface area contributed by atoms with E-state index in [4.69, 9.17) is 4.74 Å². The zero-order chi connectivity index (χ0) is 10.6. The van der Waals surface area contributed by atoms with Gasteiger partial charge in [0.1, 0.15) is 0 Å². The molecule has 1 fully saturated rings. The highest BCUT2D eigenvalue weighted by atomic mass is 16.5. The van der Waals surface area contributed by atoms with E-state index in [9.17, 15) is 4.79 Å². The Morgan fingerprint density at radius 2 is 2.21 bits per heavy atom. The van der Waals surface area contributed by atoms with Crippen LogP contribution in [0, 0.1) is 5.92 Å². The number of hydrogen-bond donors (Lipinski definition) is 2. The first kappa shape index (κ1) is 11.5. The van der Waals surface area contributed by atoms with Gasteiger partial charge >= 0.3 is 0 Å². The molecule has 0 bridgehead atoms. The highest BCUT2D eigenvalue weighted by Gasteiger charge is 2.29. The molecule has 0 unspecified atom stereocenters. The van der Waals surface area contributed by atoms with Gasteiger partial charge in [0.15, 0.2) is 0 Å². The Balaban J connectivity index is 2.29. The number of carbonyl (C=O) groups is 1. The summed E-state index contributed by atoms with van der Waals surface area (Å²) in [6, 6.07) is 0. The van der Waals surface area contributed by atoms with Crippen molar-refractivity contribution in [3.8, 4) is 0 Å². The fourth-order valence-corrected chi connectivity index (χ4v) is 1.30. The van der Waals surface area contributed by atoms with Crippen LogP contribution >= 0.6 is 0 Å². The normalized spacial score (nSPS) is 17.6. The lowest BCUT2D eigenvalue weighted by Gasteiger charge is -2.32. The van der Waals surface area contributed by atoms with E-state index in [0.29, 0.717) is 13.2 Å². The van der Waals surface area contributed by atoms with Gasteiger partial charge in [-0.15, -0.1) is 0 Å². The molecule has 0 saturated carbocycles. The highest BCUT2D eigenvalue weighted by molar-refractivity contribution is 5.80. The van der Waals surface area contributed by atoms with Gasteiger partial charge in [-0.25, -0.2) is 0 Å². The van der Waals surface area contributed by atoms with E-state index in [-0.39, 0.29) is 17.4 Å². The van der Waals surface area contributed by atoms with Gasteiger partial charge in [0.05, 0.1) is 18.1 Å². The third-order valence-corrected chi connectivity index (χ3v) is 2.28. The van der Waals surface area contributed by atoms with Crippen molar-refractivity contribution in [3.63, 3.8) is 0 Å². The van der Waals surface area contributed by atoms with Crippen LogP contribution in [0.1, 0.15) is 20.8 Å². The zero-order valence-corrected chi connectivity index (χ0v) is 9.22. The molecule has 2 N–H and O–H groups in total. The first-order valence-electron chi connectivity index (χ1n) is 5.15. The summed E-state index contributed by atoms with van der Waals surface area (Å²) < 4.78 is 5.30. The van der Waals surface area contributed by atoms with Crippen LogP contribution in [0.4, 0.5) is 0 Å². The van der Waals surface area contributed by atoms with Gasteiger partial charge in [-0.2, -0.15) is 0 Å². The third kappa shape index (κ3) is 3.27. The second kappa shape index (κ2) is 4.75. The van der Waals surface area contributed by atoms with Crippen molar-refractivity contribution >= 4 is 5.91 Å². The van der Waals surface area contributed by atoms with Crippen LogP contribution in [0.5, 0.6) is 0 Å². The van der Waals surface area contributed by atoms with Crippen LogP contribution in [0.3, 0.4) is 0 Å². The molecule has 1 saturated heterocycles. The van der Waals surface area contributed by atoms with Crippen molar-refractivity contribution in [2.75, 3.05) is 26.3 Å². The summed E-state index contributed by atoms with van der Waals surface area (Å²) in [6.45, 7) is 8.76. The molecule has 0 aliphatic carbocycles. The molecule has 1 aliphatic heterocycles. The molecule has 0 atom stereocenters. The van der Waals surface area contributed by atoms with Crippen molar-refractivity contribution in [3.05, 3.63) is 0 Å². The lowest BCUT2D eigenvalue weighted by Crippen LogP contribution is -2.56. The third-order valence-electron chi connectivity index (χ3n) is 2.28. The molecule has 1 aliphatic rings. The van der Waals surface area contributed by atoms with Crippen molar-refractivity contribution < 1.29 is 9.53 Å². The second-order valence-corrected chi connectivity index (χ2v) is 4.37. The lowest BCUT2D eigenvalue weighted by molar-refractivity contribution is -0.128. The summed E-state index contributed by atoms with van der Waals surface area (Å²) >= 11 is 0. The molecule has 0 aromatic carbocycles. The topological polar surface area (TPSA) is 50.4 Å². The molecule has 0 aromatic rings. The molecule has 1 amide bonds. The minimum Gasteiger partial charge on any atom is -0.379 e. The Morgan fingerprint density at radius 3 is 2.64 bits per heavy atom. The molecule has 1 rings (SSSR count). The Hall–Kier alpha value is -0.610. The number of nitrogens with one attached hydrogen (secondary N) is 2. The molecule has 14 heavy (non-hydrogen) atoms. The van der Waals surface area contributed by atoms with Crippen molar-refractivity contribution in [2.24, 2.45) is 5.92 Å². The minimum atomic E-state index is -0.261. The summed E-state index contributed by atoms with van der Waals surface area (Å²) in [5, 5.41) is 6.07. The fourth-order valence-electron chi connectivity index (χ4n) is 1.30. The second-order valence-electron chi connectivity index (χ2n) is 4.37. The van der Waals surface area contributed by atoms with E-state index >= 15 is 0 Å². The van der Waals surface area contributed by atoms with E-state index < -0.39 is 0 Å². The Kier molecular flexibility index (Phi) is 3.89. The number of carbonyl (C=O) groups excluding carboxylic acids is 1. The molecule has 4 nitrogen and oxygen atoms in total. The first-order valence-corrected chi connectivity index (χ1v) is 5.15. The predicted octanol–water partition coefficient (Wildman–Crippen LogP) is 0.137. The van der Waals surface area contributed by atoms with Crippen molar-refractivity contribution in [2.45, 2.75) is 26.3 Å². The van der Waals surface area contributed by atoms with Gasteiger partial charge < -0.3 is 15.4 Å². The molecule has 0 radical (unpaired) electrons. The van der Waals surface area contributed by atoms with Gasteiger partial charge in [0.2, 0.25) is 5.91 Å². The van der Waals surface area contributed by atoms with E-state index in [0.717, 1.165) is 13.1 Å². The van der Waals surface area contributed by atoms with E-state index in [2.05, 4.69) is 10.6 Å². The monoisotopic (exact) mass is 200 g/mol. The average Bonchev–Trinajstić information content (AvgIpc) is 1.96. The predicted molar refractivity (Wildman–Crippen MR) is 55.1 cm³/mol. The lowest BCUT2D eigenvalue weighted by atomic mass is 9.99. The zero-order valence-electron chi connectivity index (χ0n) is 9.22. The van der Waals surface area contributed by atoms with E-state index in [1.54, 1.807) is 0 Å². The van der Waals surface area contributed by atoms with Crippen LogP contribution in [0.25, 0.3) is 0 Å². The number of ether oxygens (including phenoxy) is 1. The SMILES string of the molecule is CCOCC(C)(C)NC(=O)C1CNC1. The van der Waals surface area contributed by atoms with E-state index in [1.165, 1.54) is 0 Å². The molecule has 0 spiro atoms. The van der Waals surface area contributed by atoms with Gasteiger partial charge in [-0.3, -0.25) is 4.79 Å². The maximum Gasteiger partial charge on any atom is 0.226 e. The van der Waals surface area contributed by atoms with E-state index in [1.807, 2.05) is 20.8 Å². The van der Waals surface area contributed by atoms with Gasteiger partial charge in [-0.1, -0.05) is 0 Å². The van der Waals surface area contributed by atoms with Crippen molar-refractivity contribution in [1.29, 1.82) is 0 Å². The maximum absolute atomic E-state index is 11.6. The largest absolute Gasteiger partial charge is 0.379 e. The van der Waals surface area contributed by atoms with Crippen LogP contribution in [-0.2, 0) is 9.53 Å². The van der Waals surface area contributed by atoms with Gasteiger partial charge in [-0.05, 0) is 20.8 Å². The molecular weight excluding hydrogens is 180 g/mol. The maximum atomic E-state index is 11.6. The Bertz CT molecular complexity index is 200. The standard InChI is InChI=1S/C10H20N2O2/c1-4-14-7-10(2,3)12-9(13)8-5-11-6-8/h8,11H,4-7H2,1-3H3,(H,12,13). The molecule has 0 aromatic heterocycles. The summed E-state index contributed by atoms with van der Waals surface area (Å²) in [5.74, 6) is 0.282. The fraction of sp³-hybridized carbons (Fsp3) is 0.900. The van der Waals surface area contributed by atoms with Gasteiger partial charge in [0, 0.05) is 19.7 Å².